The van der Waals surface area contributed by atoms with Crippen molar-refractivity contribution in [3.63, 3.8) is 0 Å². The number of carbonyl (C=O) groups is 1. The lowest BCUT2D eigenvalue weighted by molar-refractivity contribution is 0.0925. The molecule has 1 amide bonds. The van der Waals surface area contributed by atoms with Crippen LogP contribution in [0.25, 0.3) is 22.6 Å². The normalized spacial score (nSPS) is 11.9. The summed E-state index contributed by atoms with van der Waals surface area (Å²) in [5, 5.41) is 3.26. The van der Waals surface area contributed by atoms with Crippen molar-refractivity contribution in [2.75, 3.05) is 0 Å². The maximum Gasteiger partial charge on any atom is 0.270 e. The number of rotatable bonds is 9. The summed E-state index contributed by atoms with van der Waals surface area (Å²) in [6.45, 7) is 4.69. The molecule has 1 aromatic heterocycles. The molecule has 0 fully saturated rings. The summed E-state index contributed by atoms with van der Waals surface area (Å²) in [5.41, 5.74) is 3.50. The number of amides is 1. The first-order valence-corrected chi connectivity index (χ1v) is 11.9. The van der Waals surface area contributed by atoms with Crippen LogP contribution in [0, 0.1) is 5.82 Å². The Labute approximate surface area is 200 Å². The monoisotopic (exact) mass is 455 g/mol. The summed E-state index contributed by atoms with van der Waals surface area (Å²) in [7, 11) is 0. The number of halogens is 1. The van der Waals surface area contributed by atoms with Crippen molar-refractivity contribution in [3.8, 4) is 22.6 Å². The highest BCUT2D eigenvalue weighted by Crippen LogP contribution is 2.31. The van der Waals surface area contributed by atoms with Crippen molar-refractivity contribution < 1.29 is 9.18 Å². The summed E-state index contributed by atoms with van der Waals surface area (Å²) >= 11 is 0. The number of unbranched alkanes of at least 4 members (excludes halogenated alkanes) is 1. The summed E-state index contributed by atoms with van der Waals surface area (Å²) in [6.07, 6.45) is 2.88. The molecular weight excluding hydrogens is 425 g/mol. The molecule has 0 saturated heterocycles. The molecule has 0 bridgehead atoms. The third-order valence-electron chi connectivity index (χ3n) is 5.98. The number of nitrogens with one attached hydrogen (secondary N) is 1. The van der Waals surface area contributed by atoms with E-state index in [1.165, 1.54) is 12.1 Å². The Balaban J connectivity index is 1.81. The fourth-order valence-corrected chi connectivity index (χ4v) is 4.28. The van der Waals surface area contributed by atoms with Crippen LogP contribution < -0.4 is 5.32 Å². The molecule has 34 heavy (non-hydrogen) atoms. The topological polar surface area (TPSA) is 46.9 Å². The van der Waals surface area contributed by atoms with Crippen LogP contribution in [0.4, 0.5) is 4.39 Å². The fourth-order valence-electron chi connectivity index (χ4n) is 4.28. The van der Waals surface area contributed by atoms with Crippen LogP contribution in [-0.2, 0) is 6.54 Å². The van der Waals surface area contributed by atoms with Crippen molar-refractivity contribution in [3.05, 3.63) is 102 Å². The highest BCUT2D eigenvalue weighted by Gasteiger charge is 2.26. The van der Waals surface area contributed by atoms with E-state index in [9.17, 15) is 9.18 Å². The minimum absolute atomic E-state index is 0.116. The Hall–Kier alpha value is -3.73. The van der Waals surface area contributed by atoms with Gasteiger partial charge in [0.1, 0.15) is 23.0 Å². The van der Waals surface area contributed by atoms with E-state index in [2.05, 4.69) is 12.2 Å². The van der Waals surface area contributed by atoms with Crippen molar-refractivity contribution in [2.24, 2.45) is 0 Å². The van der Waals surface area contributed by atoms with Gasteiger partial charge in [0.15, 0.2) is 0 Å². The Morgan fingerprint density at radius 2 is 1.62 bits per heavy atom. The molecule has 174 valence electrons. The van der Waals surface area contributed by atoms with E-state index in [0.29, 0.717) is 29.3 Å². The molecule has 0 aliphatic heterocycles. The van der Waals surface area contributed by atoms with Crippen molar-refractivity contribution in [2.45, 2.75) is 45.7 Å². The zero-order chi connectivity index (χ0) is 23.9. The van der Waals surface area contributed by atoms with Crippen molar-refractivity contribution >= 4 is 5.91 Å². The van der Waals surface area contributed by atoms with Crippen molar-refractivity contribution in [1.82, 2.24) is 14.9 Å². The molecule has 0 saturated carbocycles. The largest absolute Gasteiger partial charge is 0.344 e. The first kappa shape index (κ1) is 23.4. The minimum Gasteiger partial charge on any atom is -0.344 e. The number of hydrogen-bond donors (Lipinski definition) is 1. The predicted octanol–water partition coefficient (Wildman–Crippen LogP) is 7.04. The average molecular weight is 456 g/mol. The van der Waals surface area contributed by atoms with Gasteiger partial charge in [0.05, 0.1) is 6.04 Å². The lowest BCUT2D eigenvalue weighted by atomic mass is 10.0. The second kappa shape index (κ2) is 10.9. The molecule has 0 aliphatic carbocycles. The zero-order valence-electron chi connectivity index (χ0n) is 19.7. The van der Waals surface area contributed by atoms with Gasteiger partial charge in [-0.2, -0.15) is 0 Å². The molecule has 1 unspecified atom stereocenters. The SMILES string of the molecule is CCCCC(NC(=O)c1c(-c2cccc(F)c2)nc(-c2ccccc2)n1CC)c1ccccc1. The third-order valence-corrected chi connectivity index (χ3v) is 5.98. The number of benzene rings is 3. The number of nitrogens with zero attached hydrogens (tertiary/aromatic N) is 2. The standard InChI is InChI=1S/C29H30FN3O/c1-3-5-19-25(21-13-8-6-9-14-21)31-29(34)27-26(23-17-12-18-24(30)20-23)32-28(33(27)4-2)22-15-10-7-11-16-22/h6-18,20,25H,3-5,19H2,1-2H3,(H,31,34). The minimum atomic E-state index is -0.360. The van der Waals surface area contributed by atoms with E-state index in [1.807, 2.05) is 72.2 Å². The van der Waals surface area contributed by atoms with E-state index in [1.54, 1.807) is 12.1 Å². The predicted molar refractivity (Wildman–Crippen MR) is 135 cm³/mol. The van der Waals surface area contributed by atoms with Gasteiger partial charge < -0.3 is 9.88 Å². The van der Waals surface area contributed by atoms with Gasteiger partial charge in [0.2, 0.25) is 0 Å². The van der Waals surface area contributed by atoms with Crippen LogP contribution in [0.15, 0.2) is 84.9 Å². The van der Waals surface area contributed by atoms with Crippen LogP contribution in [0.2, 0.25) is 0 Å². The second-order valence-electron chi connectivity index (χ2n) is 8.33. The first-order chi connectivity index (χ1) is 16.6. The summed E-state index contributed by atoms with van der Waals surface area (Å²) in [6, 6.07) is 26.0. The Morgan fingerprint density at radius 1 is 0.941 bits per heavy atom. The number of carbonyl (C=O) groups excluding carboxylic acids is 1. The molecule has 1 heterocycles. The molecule has 4 nitrogen and oxygen atoms in total. The van der Waals surface area contributed by atoms with Gasteiger partial charge in [0.25, 0.3) is 5.91 Å². The average Bonchev–Trinajstić information content (AvgIpc) is 3.27. The third kappa shape index (κ3) is 5.09. The lowest BCUT2D eigenvalue weighted by Gasteiger charge is -2.20. The summed E-state index contributed by atoms with van der Waals surface area (Å²) in [5.74, 6) is 0.124. The number of hydrogen-bond acceptors (Lipinski definition) is 2. The molecule has 0 aliphatic rings. The smallest absolute Gasteiger partial charge is 0.270 e. The maximum absolute atomic E-state index is 14.1. The number of aromatic nitrogens is 2. The highest BCUT2D eigenvalue weighted by molar-refractivity contribution is 5.99. The van der Waals surface area contributed by atoms with E-state index in [0.717, 1.165) is 30.4 Å². The molecule has 1 N–H and O–H groups in total. The van der Waals surface area contributed by atoms with Gasteiger partial charge in [-0.1, -0.05) is 92.6 Å². The molecule has 4 rings (SSSR count). The first-order valence-electron chi connectivity index (χ1n) is 11.9. The molecule has 4 aromatic rings. The second-order valence-corrected chi connectivity index (χ2v) is 8.33. The molecular formula is C29H30FN3O. The Bertz CT molecular complexity index is 1230. The maximum atomic E-state index is 14.1. The quantitative estimate of drug-likeness (QED) is 0.294. The van der Waals surface area contributed by atoms with E-state index < -0.39 is 0 Å². The summed E-state index contributed by atoms with van der Waals surface area (Å²) < 4.78 is 16.1. The molecule has 1 atom stereocenters. The van der Waals surface area contributed by atoms with Crippen LogP contribution in [0.3, 0.4) is 0 Å². The molecule has 5 heteroatoms. The van der Waals surface area contributed by atoms with Gasteiger partial charge in [-0.25, -0.2) is 9.37 Å². The Kier molecular flexibility index (Phi) is 7.53. The van der Waals surface area contributed by atoms with Crippen LogP contribution in [0.1, 0.15) is 55.2 Å². The van der Waals surface area contributed by atoms with Gasteiger partial charge in [0, 0.05) is 17.7 Å². The van der Waals surface area contributed by atoms with Crippen LogP contribution >= 0.6 is 0 Å². The van der Waals surface area contributed by atoms with E-state index in [4.69, 9.17) is 4.98 Å². The highest BCUT2D eigenvalue weighted by atomic mass is 19.1. The van der Waals surface area contributed by atoms with Gasteiger partial charge >= 0.3 is 0 Å². The van der Waals surface area contributed by atoms with Crippen LogP contribution in [-0.4, -0.2) is 15.5 Å². The lowest BCUT2D eigenvalue weighted by Crippen LogP contribution is -2.31. The van der Waals surface area contributed by atoms with Gasteiger partial charge in [-0.15, -0.1) is 0 Å². The summed E-state index contributed by atoms with van der Waals surface area (Å²) in [4.78, 5) is 18.7. The molecule has 0 spiro atoms. The van der Waals surface area contributed by atoms with Gasteiger partial charge in [-0.05, 0) is 31.0 Å². The van der Waals surface area contributed by atoms with E-state index >= 15 is 0 Å². The van der Waals surface area contributed by atoms with E-state index in [-0.39, 0.29) is 17.8 Å². The fraction of sp³-hybridized carbons (Fsp3) is 0.241. The van der Waals surface area contributed by atoms with Crippen molar-refractivity contribution in [1.29, 1.82) is 0 Å². The number of imidazole rings is 1. The molecule has 0 radical (unpaired) electrons. The van der Waals surface area contributed by atoms with Crippen LogP contribution in [0.5, 0.6) is 0 Å². The Morgan fingerprint density at radius 3 is 2.26 bits per heavy atom. The molecule has 3 aromatic carbocycles. The van der Waals surface area contributed by atoms with Gasteiger partial charge in [-0.3, -0.25) is 4.79 Å². The zero-order valence-corrected chi connectivity index (χ0v) is 19.7.